The summed E-state index contributed by atoms with van der Waals surface area (Å²) in [6.45, 7) is 0.604. The fourth-order valence-corrected chi connectivity index (χ4v) is 3.71. The highest BCUT2D eigenvalue weighted by atomic mass is 35.5. The molecule has 1 N–H and O–H groups in total. The van der Waals surface area contributed by atoms with Gasteiger partial charge in [0.1, 0.15) is 29.3 Å². The first-order chi connectivity index (χ1) is 13.7. The van der Waals surface area contributed by atoms with Gasteiger partial charge in [0, 0.05) is 24.9 Å². The summed E-state index contributed by atoms with van der Waals surface area (Å²) in [6, 6.07) is 6.21. The van der Waals surface area contributed by atoms with Crippen LogP contribution in [0, 0.1) is 17.1 Å². The van der Waals surface area contributed by atoms with Gasteiger partial charge in [-0.05, 0) is 18.2 Å². The van der Waals surface area contributed by atoms with Gasteiger partial charge >= 0.3 is 0 Å². The second-order valence-electron chi connectivity index (χ2n) is 6.35. The number of aromatic nitrogens is 6. The van der Waals surface area contributed by atoms with E-state index >= 15 is 0 Å². The van der Waals surface area contributed by atoms with E-state index in [0.29, 0.717) is 30.0 Å². The molecule has 10 heteroatoms. The average molecular weight is 395 g/mol. The number of hydrogen-bond donors (Lipinski definition) is 1. The normalized spacial score (nSPS) is 16.2. The minimum Gasteiger partial charge on any atom is -0.348 e. The number of halogens is 2. The third-order valence-electron chi connectivity index (χ3n) is 4.79. The standard InChI is InChI=1S/C18H12ClFN8/c19-18-13(7-21)22-8-15(25-18)27-5-3-11-16(24-9-23-11)17(27)12-6-14-10(20)2-1-4-28(14)26-12/h1-2,4,6,8-9,17H,3,5H2,(H,23,24)/t17-/m0/s1. The molecule has 0 spiro atoms. The molecule has 0 aliphatic carbocycles. The number of anilines is 1. The lowest BCUT2D eigenvalue weighted by molar-refractivity contribution is 0.608. The minimum absolute atomic E-state index is 0.0348. The van der Waals surface area contributed by atoms with Crippen molar-refractivity contribution in [1.82, 2.24) is 29.5 Å². The van der Waals surface area contributed by atoms with Crippen LogP contribution in [0.2, 0.25) is 5.15 Å². The van der Waals surface area contributed by atoms with Crippen LogP contribution in [0.15, 0.2) is 36.9 Å². The molecule has 5 heterocycles. The first-order valence-electron chi connectivity index (χ1n) is 8.51. The van der Waals surface area contributed by atoms with Crippen LogP contribution in [0.1, 0.15) is 28.8 Å². The van der Waals surface area contributed by atoms with Crippen LogP contribution in [-0.2, 0) is 6.42 Å². The van der Waals surface area contributed by atoms with E-state index in [1.165, 1.54) is 16.8 Å². The third kappa shape index (κ3) is 2.50. The van der Waals surface area contributed by atoms with E-state index < -0.39 is 6.04 Å². The molecule has 28 heavy (non-hydrogen) atoms. The Morgan fingerprint density at radius 3 is 3.04 bits per heavy atom. The second kappa shape index (κ2) is 6.28. The van der Waals surface area contributed by atoms with Gasteiger partial charge in [0.15, 0.2) is 10.8 Å². The van der Waals surface area contributed by atoms with E-state index in [4.69, 9.17) is 16.9 Å². The van der Waals surface area contributed by atoms with Gasteiger partial charge in [0.25, 0.3) is 0 Å². The van der Waals surface area contributed by atoms with E-state index in [9.17, 15) is 4.39 Å². The van der Waals surface area contributed by atoms with Gasteiger partial charge in [-0.3, -0.25) is 0 Å². The fourth-order valence-electron chi connectivity index (χ4n) is 3.53. The van der Waals surface area contributed by atoms with Crippen molar-refractivity contribution in [2.75, 3.05) is 11.4 Å². The number of rotatable bonds is 2. The number of nitriles is 1. The van der Waals surface area contributed by atoms with Crippen LogP contribution in [0.25, 0.3) is 5.52 Å². The molecule has 5 rings (SSSR count). The Kier molecular flexibility index (Phi) is 3.74. The van der Waals surface area contributed by atoms with Crippen LogP contribution in [0.3, 0.4) is 0 Å². The molecule has 0 radical (unpaired) electrons. The van der Waals surface area contributed by atoms with Gasteiger partial charge in [-0.2, -0.15) is 10.4 Å². The molecule has 0 bridgehead atoms. The summed E-state index contributed by atoms with van der Waals surface area (Å²) in [5.41, 5.74) is 2.85. The zero-order valence-corrected chi connectivity index (χ0v) is 15.1. The Morgan fingerprint density at radius 2 is 2.25 bits per heavy atom. The van der Waals surface area contributed by atoms with Gasteiger partial charge in [-0.25, -0.2) is 23.9 Å². The highest BCUT2D eigenvalue weighted by Gasteiger charge is 2.34. The number of imidazole rings is 1. The van der Waals surface area contributed by atoms with Crippen LogP contribution in [0.4, 0.5) is 10.2 Å². The van der Waals surface area contributed by atoms with Crippen molar-refractivity contribution in [3.8, 4) is 6.07 Å². The summed E-state index contributed by atoms with van der Waals surface area (Å²) in [5.74, 6) is 0.146. The Morgan fingerprint density at radius 1 is 1.36 bits per heavy atom. The van der Waals surface area contributed by atoms with Gasteiger partial charge in [-0.1, -0.05) is 11.6 Å². The number of nitrogens with one attached hydrogen (secondary N) is 1. The second-order valence-corrected chi connectivity index (χ2v) is 6.70. The van der Waals surface area contributed by atoms with E-state index in [0.717, 1.165) is 11.4 Å². The third-order valence-corrected chi connectivity index (χ3v) is 5.06. The van der Waals surface area contributed by atoms with Gasteiger partial charge in [-0.15, -0.1) is 0 Å². The molecule has 138 valence electrons. The lowest BCUT2D eigenvalue weighted by atomic mass is 10.00. The summed E-state index contributed by atoms with van der Waals surface area (Å²) in [4.78, 5) is 18.0. The lowest BCUT2D eigenvalue weighted by Crippen LogP contribution is -2.37. The number of H-pyrrole nitrogens is 1. The quantitative estimate of drug-likeness (QED) is 0.561. The smallest absolute Gasteiger partial charge is 0.178 e. The van der Waals surface area contributed by atoms with E-state index in [-0.39, 0.29) is 16.7 Å². The number of hydrogen-bond acceptors (Lipinski definition) is 6. The number of fused-ring (bicyclic) bond motifs is 2. The van der Waals surface area contributed by atoms with Crippen molar-refractivity contribution in [2.24, 2.45) is 0 Å². The first-order valence-corrected chi connectivity index (χ1v) is 8.88. The van der Waals surface area contributed by atoms with Crippen molar-refractivity contribution in [1.29, 1.82) is 5.26 Å². The van der Waals surface area contributed by atoms with Crippen LogP contribution >= 0.6 is 11.6 Å². The summed E-state index contributed by atoms with van der Waals surface area (Å²) in [7, 11) is 0. The maximum absolute atomic E-state index is 14.2. The molecule has 0 aromatic carbocycles. The molecular formula is C18H12ClFN8. The maximum atomic E-state index is 14.2. The number of pyridine rings is 1. The van der Waals surface area contributed by atoms with Crippen LogP contribution < -0.4 is 4.90 Å². The molecule has 1 atom stereocenters. The molecule has 4 aromatic heterocycles. The summed E-state index contributed by atoms with van der Waals surface area (Å²) >= 11 is 6.09. The highest BCUT2D eigenvalue weighted by molar-refractivity contribution is 6.30. The van der Waals surface area contributed by atoms with Crippen molar-refractivity contribution >= 4 is 22.9 Å². The Hall–Kier alpha value is -3.51. The monoisotopic (exact) mass is 394 g/mol. The summed E-state index contributed by atoms with van der Waals surface area (Å²) < 4.78 is 15.7. The molecule has 0 saturated heterocycles. The minimum atomic E-state index is -0.396. The van der Waals surface area contributed by atoms with Gasteiger partial charge in [0.2, 0.25) is 0 Å². The van der Waals surface area contributed by atoms with Crippen LogP contribution in [0.5, 0.6) is 0 Å². The number of nitrogens with zero attached hydrogens (tertiary/aromatic N) is 7. The Bertz CT molecular complexity index is 1240. The maximum Gasteiger partial charge on any atom is 0.178 e. The Balaban J connectivity index is 1.67. The Labute approximate surface area is 163 Å². The first kappa shape index (κ1) is 16.6. The number of aromatic amines is 1. The predicted molar refractivity (Wildman–Crippen MR) is 98.4 cm³/mol. The molecule has 4 aromatic rings. The molecule has 0 fully saturated rings. The molecule has 1 aliphatic heterocycles. The highest BCUT2D eigenvalue weighted by Crippen LogP contribution is 2.36. The topological polar surface area (TPSA) is 98.8 Å². The van der Waals surface area contributed by atoms with Crippen molar-refractivity contribution in [3.05, 3.63) is 70.7 Å². The molecule has 0 amide bonds. The predicted octanol–water partition coefficient (Wildman–Crippen LogP) is 2.66. The lowest BCUT2D eigenvalue weighted by Gasteiger charge is -2.34. The zero-order chi connectivity index (χ0) is 19.3. The SMILES string of the molecule is N#Cc1ncc(N2CCc3[nH]cnc3[C@@H]2c2cc3c(F)cccn3n2)nc1Cl. The molecule has 8 nitrogen and oxygen atoms in total. The van der Waals surface area contributed by atoms with E-state index in [1.54, 1.807) is 24.7 Å². The van der Waals surface area contributed by atoms with Gasteiger partial charge in [0.05, 0.1) is 23.9 Å². The zero-order valence-electron chi connectivity index (χ0n) is 14.3. The van der Waals surface area contributed by atoms with Crippen LogP contribution in [-0.4, -0.2) is 36.1 Å². The van der Waals surface area contributed by atoms with Crippen molar-refractivity contribution < 1.29 is 4.39 Å². The largest absolute Gasteiger partial charge is 0.348 e. The van der Waals surface area contributed by atoms with Crippen molar-refractivity contribution in [3.63, 3.8) is 0 Å². The molecule has 0 saturated carbocycles. The van der Waals surface area contributed by atoms with Gasteiger partial charge < -0.3 is 9.88 Å². The van der Waals surface area contributed by atoms with Crippen molar-refractivity contribution in [2.45, 2.75) is 12.5 Å². The summed E-state index contributed by atoms with van der Waals surface area (Å²) in [5, 5.41) is 13.6. The average Bonchev–Trinajstić information content (AvgIpc) is 3.34. The fraction of sp³-hybridized carbons (Fsp3) is 0.167. The molecule has 0 unspecified atom stereocenters. The van der Waals surface area contributed by atoms with E-state index in [2.05, 4.69) is 25.0 Å². The summed E-state index contributed by atoms with van der Waals surface area (Å²) in [6.07, 6.45) is 5.55. The van der Waals surface area contributed by atoms with E-state index in [1.807, 2.05) is 11.0 Å². The molecule has 1 aliphatic rings. The molecular weight excluding hydrogens is 383 g/mol.